The summed E-state index contributed by atoms with van der Waals surface area (Å²) in [5, 5.41) is 8.75. The molecule has 12 nitrogen and oxygen atoms in total. The monoisotopic (exact) mass is 689 g/mol. The highest BCUT2D eigenvalue weighted by molar-refractivity contribution is 5.98. The lowest BCUT2D eigenvalue weighted by Gasteiger charge is -2.34. The molecular weight excluding hydrogens is 642 g/mol. The van der Waals surface area contributed by atoms with Crippen molar-refractivity contribution < 1.29 is 14.3 Å². The van der Waals surface area contributed by atoms with Gasteiger partial charge in [0.2, 0.25) is 11.8 Å². The molecule has 266 valence electrons. The number of hydrogen-bond acceptors (Lipinski definition) is 9. The van der Waals surface area contributed by atoms with E-state index in [1.54, 1.807) is 6.08 Å². The Morgan fingerprint density at radius 3 is 2.53 bits per heavy atom. The molecule has 51 heavy (non-hydrogen) atoms. The Kier molecular flexibility index (Phi) is 12.3. The molecule has 6 rings (SSSR count). The van der Waals surface area contributed by atoms with E-state index in [1.807, 2.05) is 70.3 Å². The third-order valence-corrected chi connectivity index (χ3v) is 9.49. The molecule has 2 aliphatic heterocycles. The number of para-hydroxylation sites is 1. The maximum Gasteiger partial charge on any atom is 0.246 e. The summed E-state index contributed by atoms with van der Waals surface area (Å²) in [6.45, 7) is 7.19. The average molecular weight is 690 g/mol. The van der Waals surface area contributed by atoms with Crippen molar-refractivity contribution in [1.29, 1.82) is 0 Å². The number of nitrogens with zero attached hydrogens (tertiary/aromatic N) is 7. The van der Waals surface area contributed by atoms with Crippen molar-refractivity contribution >= 4 is 28.7 Å². The average Bonchev–Trinajstić information content (AvgIpc) is 3.56. The van der Waals surface area contributed by atoms with Gasteiger partial charge in [-0.2, -0.15) is 5.10 Å². The summed E-state index contributed by atoms with van der Waals surface area (Å²) in [4.78, 5) is 40.8. The molecular formula is C39H47N9O3. The van der Waals surface area contributed by atoms with E-state index in [0.717, 1.165) is 88.4 Å². The summed E-state index contributed by atoms with van der Waals surface area (Å²) in [6, 6.07) is 17.3. The molecule has 2 aromatic carbocycles. The topological polar surface area (TPSA) is 135 Å². The largest absolute Gasteiger partial charge is 0.457 e. The first kappa shape index (κ1) is 35.6. The van der Waals surface area contributed by atoms with Gasteiger partial charge in [-0.1, -0.05) is 24.3 Å². The third kappa shape index (κ3) is 9.51. The first-order valence-electron chi connectivity index (χ1n) is 17.9. The SMILES string of the molecule is C#CCCCCC(=O)NCCN1CCN(C/C=C/C(=O)N2CCC[C@@H](n3nc(-c4ccc(Oc5ccccc5)cc4)c4c(N)ncnc43)C2)CC1. The van der Waals surface area contributed by atoms with Crippen LogP contribution >= 0.6 is 0 Å². The second kappa shape index (κ2) is 17.6. The summed E-state index contributed by atoms with van der Waals surface area (Å²) < 4.78 is 7.90. The van der Waals surface area contributed by atoms with Gasteiger partial charge in [0.05, 0.1) is 11.4 Å². The van der Waals surface area contributed by atoms with Gasteiger partial charge in [0, 0.05) is 83.4 Å². The van der Waals surface area contributed by atoms with Gasteiger partial charge >= 0.3 is 0 Å². The number of anilines is 1. The second-order valence-corrected chi connectivity index (χ2v) is 13.1. The lowest BCUT2D eigenvalue weighted by Crippen LogP contribution is -2.48. The maximum absolute atomic E-state index is 13.3. The minimum absolute atomic E-state index is 0.00759. The Bertz CT molecular complexity index is 1830. The van der Waals surface area contributed by atoms with Crippen LogP contribution in [0, 0.1) is 12.3 Å². The zero-order valence-electron chi connectivity index (χ0n) is 29.1. The molecule has 0 spiro atoms. The van der Waals surface area contributed by atoms with Gasteiger partial charge in [-0.15, -0.1) is 12.3 Å². The molecule has 2 amide bonds. The van der Waals surface area contributed by atoms with Crippen molar-refractivity contribution in [3.63, 3.8) is 0 Å². The number of piperazine rings is 1. The molecule has 0 radical (unpaired) electrons. The van der Waals surface area contributed by atoms with Crippen LogP contribution in [0.4, 0.5) is 5.82 Å². The number of benzene rings is 2. The number of ether oxygens (including phenoxy) is 1. The molecule has 12 heteroatoms. The number of hydrogen-bond donors (Lipinski definition) is 2. The van der Waals surface area contributed by atoms with E-state index in [9.17, 15) is 9.59 Å². The smallest absolute Gasteiger partial charge is 0.246 e. The van der Waals surface area contributed by atoms with Crippen LogP contribution in [-0.2, 0) is 9.59 Å². The number of rotatable bonds is 14. The third-order valence-electron chi connectivity index (χ3n) is 9.49. The number of aromatic nitrogens is 4. The predicted octanol–water partition coefficient (Wildman–Crippen LogP) is 4.51. The van der Waals surface area contributed by atoms with E-state index in [1.165, 1.54) is 6.33 Å². The number of fused-ring (bicyclic) bond motifs is 1. The number of carbonyl (C=O) groups is 2. The van der Waals surface area contributed by atoms with Crippen LogP contribution in [0.15, 0.2) is 73.1 Å². The highest BCUT2D eigenvalue weighted by Crippen LogP contribution is 2.35. The zero-order valence-corrected chi connectivity index (χ0v) is 29.1. The quantitative estimate of drug-likeness (QED) is 0.111. The van der Waals surface area contributed by atoms with Crippen molar-refractivity contribution in [3.8, 4) is 35.1 Å². The summed E-state index contributed by atoms with van der Waals surface area (Å²) in [5.74, 6) is 4.57. The summed E-state index contributed by atoms with van der Waals surface area (Å²) in [7, 11) is 0. The van der Waals surface area contributed by atoms with Crippen molar-refractivity contribution in [2.75, 3.05) is 64.6 Å². The van der Waals surface area contributed by atoms with Crippen molar-refractivity contribution in [1.82, 2.24) is 39.8 Å². The number of terminal acetylenes is 1. The van der Waals surface area contributed by atoms with Crippen molar-refractivity contribution in [3.05, 3.63) is 73.1 Å². The van der Waals surface area contributed by atoms with E-state index in [4.69, 9.17) is 22.0 Å². The normalized spacial score (nSPS) is 17.1. The van der Waals surface area contributed by atoms with Crippen LogP contribution in [0.1, 0.15) is 44.6 Å². The van der Waals surface area contributed by atoms with Crippen LogP contribution in [0.2, 0.25) is 0 Å². The summed E-state index contributed by atoms with van der Waals surface area (Å²) in [6.07, 6.45) is 15.1. The van der Waals surface area contributed by atoms with Crippen LogP contribution in [0.3, 0.4) is 0 Å². The molecule has 4 aromatic rings. The summed E-state index contributed by atoms with van der Waals surface area (Å²) in [5.41, 5.74) is 8.64. The maximum atomic E-state index is 13.3. The van der Waals surface area contributed by atoms with Crippen LogP contribution in [0.25, 0.3) is 22.3 Å². The van der Waals surface area contributed by atoms with E-state index in [2.05, 4.69) is 31.0 Å². The Morgan fingerprint density at radius 1 is 0.980 bits per heavy atom. The molecule has 0 bridgehead atoms. The molecule has 0 aliphatic carbocycles. The van der Waals surface area contributed by atoms with E-state index in [-0.39, 0.29) is 17.9 Å². The second-order valence-electron chi connectivity index (χ2n) is 13.1. The minimum atomic E-state index is -0.0475. The van der Waals surface area contributed by atoms with Crippen molar-refractivity contribution in [2.45, 2.75) is 44.6 Å². The highest BCUT2D eigenvalue weighted by atomic mass is 16.5. The van der Waals surface area contributed by atoms with Gasteiger partial charge < -0.3 is 20.7 Å². The highest BCUT2D eigenvalue weighted by Gasteiger charge is 2.28. The molecule has 1 atom stereocenters. The predicted molar refractivity (Wildman–Crippen MR) is 199 cm³/mol. The Labute approximate surface area is 299 Å². The van der Waals surface area contributed by atoms with E-state index >= 15 is 0 Å². The number of piperidine rings is 1. The lowest BCUT2D eigenvalue weighted by atomic mass is 10.1. The zero-order chi connectivity index (χ0) is 35.4. The van der Waals surface area contributed by atoms with Gasteiger partial charge in [0.25, 0.3) is 0 Å². The minimum Gasteiger partial charge on any atom is -0.457 e. The number of nitrogens with two attached hydrogens (primary N) is 1. The number of likely N-dealkylation sites (tertiary alicyclic amines) is 1. The molecule has 2 saturated heterocycles. The number of nitrogen functional groups attached to an aromatic ring is 1. The molecule has 2 aromatic heterocycles. The number of nitrogens with one attached hydrogen (secondary N) is 1. The Balaban J connectivity index is 1.00. The standard InChI is InChI=1S/C39H47N9O3/c1-2-3-4-8-14-34(49)41-20-23-46-26-24-45(25-27-46)21-10-15-35(50)47-22-9-11-31(28-47)48-39-36(38(40)42-29-43-39)37(44-48)30-16-18-33(19-17-30)51-32-12-6-5-7-13-32/h1,5-7,10,12-13,15-19,29,31H,3-4,8-9,11,14,20-28H2,(H,41,49)(H2,40,42,43)/b15-10+/t31-/m1/s1. The van der Waals surface area contributed by atoms with Crippen LogP contribution < -0.4 is 15.8 Å². The molecule has 2 fully saturated rings. The fraction of sp³-hybridized carbons (Fsp3) is 0.410. The number of unbranched alkanes of at least 4 members (excludes halogenated alkanes) is 2. The Morgan fingerprint density at radius 2 is 1.75 bits per heavy atom. The number of carbonyl (C=O) groups excluding carboxylic acids is 2. The first-order chi connectivity index (χ1) is 25.0. The van der Waals surface area contributed by atoms with Crippen LogP contribution in [-0.4, -0.2) is 105 Å². The van der Waals surface area contributed by atoms with Gasteiger partial charge in [0.15, 0.2) is 5.65 Å². The van der Waals surface area contributed by atoms with Crippen LogP contribution in [0.5, 0.6) is 11.5 Å². The fourth-order valence-corrected chi connectivity index (χ4v) is 6.67. The molecule has 4 heterocycles. The lowest BCUT2D eigenvalue weighted by molar-refractivity contribution is -0.127. The van der Waals surface area contributed by atoms with Crippen molar-refractivity contribution in [2.24, 2.45) is 0 Å². The van der Waals surface area contributed by atoms with Gasteiger partial charge in [-0.3, -0.25) is 19.4 Å². The van der Waals surface area contributed by atoms with Gasteiger partial charge in [0.1, 0.15) is 29.3 Å². The first-order valence-corrected chi connectivity index (χ1v) is 17.9. The summed E-state index contributed by atoms with van der Waals surface area (Å²) >= 11 is 0. The molecule has 0 unspecified atom stereocenters. The Hall–Kier alpha value is -5.25. The fourth-order valence-electron chi connectivity index (χ4n) is 6.67. The number of amides is 2. The molecule has 2 aliphatic rings. The van der Waals surface area contributed by atoms with E-state index in [0.29, 0.717) is 48.6 Å². The van der Waals surface area contributed by atoms with Gasteiger partial charge in [-0.25, -0.2) is 14.6 Å². The molecule has 0 saturated carbocycles. The van der Waals surface area contributed by atoms with Gasteiger partial charge in [-0.05, 0) is 62.1 Å². The molecule has 3 N–H and O–H groups in total. The van der Waals surface area contributed by atoms with E-state index < -0.39 is 0 Å².